The number of hydrogen-bond acceptors (Lipinski definition) is 10. The molecular weight excluding hydrogens is 702 g/mol. The second kappa shape index (κ2) is 16.9. The first-order valence-electron chi connectivity index (χ1n) is 18.1. The molecule has 2 fully saturated rings. The van der Waals surface area contributed by atoms with Gasteiger partial charge in [-0.1, -0.05) is 60.9 Å². The maximum Gasteiger partial charge on any atom is 0.409 e. The number of hydrogen-bond donors (Lipinski definition) is 3. The molecule has 0 radical (unpaired) electrons. The Labute approximate surface area is 316 Å². The fraction of sp³-hybridized carbons (Fsp3) is 0.525. The Kier molecular flexibility index (Phi) is 12.8. The molecule has 12 nitrogen and oxygen atoms in total. The Bertz CT molecular complexity index is 1720. The molecule has 0 aliphatic carbocycles. The first kappa shape index (κ1) is 40.1. The predicted octanol–water partition coefficient (Wildman–Crippen LogP) is 6.05. The van der Waals surface area contributed by atoms with Crippen molar-refractivity contribution in [2.24, 2.45) is 5.92 Å². The number of fused-ring (bicyclic) bond motifs is 5. The predicted molar refractivity (Wildman–Crippen MR) is 202 cm³/mol. The highest BCUT2D eigenvalue weighted by Gasteiger charge is 2.64. The lowest BCUT2D eigenvalue weighted by Gasteiger charge is -2.42. The van der Waals surface area contributed by atoms with Crippen molar-refractivity contribution in [3.05, 3.63) is 76.3 Å². The second-order valence-electron chi connectivity index (χ2n) is 14.6. The minimum absolute atomic E-state index is 0.00594. The molecular formula is C40H52ClN3O9. The molecule has 4 N–H and O–H groups in total. The molecule has 53 heavy (non-hydrogen) atoms. The smallest absolute Gasteiger partial charge is 0.409 e. The molecule has 2 amide bonds. The molecule has 2 aromatic rings. The number of carbonyl (C=O) groups excluding carboxylic acids is 3. The zero-order valence-corrected chi connectivity index (χ0v) is 32.1. The molecule has 13 heteroatoms. The van der Waals surface area contributed by atoms with Crippen molar-refractivity contribution in [3.63, 3.8) is 0 Å². The van der Waals surface area contributed by atoms with Crippen LogP contribution in [0.15, 0.2) is 60.2 Å². The SMILES string of the molecule is COc1cc2cc(c1Cl)N(C)C(=O)C[C@H](OC(=O)CCCCCc1ccc(N)cc1)[C@]1(C)O[C@H]1[C@H](C)[C@@H]1C[C@@](O)(NC(=O)O1)[C@H](OC)/C=C/C=C(\C)C2. The summed E-state index contributed by atoms with van der Waals surface area (Å²) in [4.78, 5) is 41.7. The first-order chi connectivity index (χ1) is 25.2. The van der Waals surface area contributed by atoms with Crippen molar-refractivity contribution in [3.8, 4) is 5.75 Å². The van der Waals surface area contributed by atoms with E-state index in [0.29, 0.717) is 24.3 Å². The average molecular weight is 754 g/mol. The minimum Gasteiger partial charge on any atom is -0.495 e. The van der Waals surface area contributed by atoms with Gasteiger partial charge in [0.2, 0.25) is 5.91 Å². The van der Waals surface area contributed by atoms with Crippen LogP contribution in [-0.2, 0) is 41.4 Å². The van der Waals surface area contributed by atoms with Gasteiger partial charge in [0.1, 0.15) is 34.7 Å². The Morgan fingerprint density at radius 3 is 2.58 bits per heavy atom. The number of alkyl carbamates (subject to hydrolysis) is 1. The number of amides is 2. The molecule has 7 atom stereocenters. The number of methoxy groups -OCH3 is 2. The third-order valence-corrected chi connectivity index (χ3v) is 10.9. The van der Waals surface area contributed by atoms with Gasteiger partial charge < -0.3 is 39.4 Å². The van der Waals surface area contributed by atoms with Gasteiger partial charge in [-0.25, -0.2) is 4.79 Å². The van der Waals surface area contributed by atoms with Crippen molar-refractivity contribution in [1.29, 1.82) is 0 Å². The zero-order valence-electron chi connectivity index (χ0n) is 31.4. The monoisotopic (exact) mass is 753 g/mol. The summed E-state index contributed by atoms with van der Waals surface area (Å²) in [5.74, 6) is -0.848. The number of epoxide rings is 1. The maximum absolute atomic E-state index is 14.1. The number of anilines is 2. The minimum atomic E-state index is -1.79. The lowest BCUT2D eigenvalue weighted by atomic mass is 9.83. The van der Waals surface area contributed by atoms with Crippen LogP contribution < -0.4 is 20.7 Å². The van der Waals surface area contributed by atoms with Gasteiger partial charge in [0.05, 0.1) is 25.3 Å². The second-order valence-corrected chi connectivity index (χ2v) is 15.0. The summed E-state index contributed by atoms with van der Waals surface area (Å²) in [5.41, 5.74) is 7.05. The molecule has 0 spiro atoms. The number of nitrogen functional groups attached to an aromatic ring is 1. The molecule has 288 valence electrons. The van der Waals surface area contributed by atoms with E-state index in [2.05, 4.69) is 5.32 Å². The summed E-state index contributed by atoms with van der Waals surface area (Å²) in [6.45, 7) is 5.57. The molecule has 3 aliphatic rings. The Balaban J connectivity index is 1.41. The summed E-state index contributed by atoms with van der Waals surface area (Å²) in [7, 11) is 4.59. The number of rotatable bonds is 9. The van der Waals surface area contributed by atoms with Crippen LogP contribution in [0, 0.1) is 5.92 Å². The first-order valence-corrected chi connectivity index (χ1v) is 18.5. The van der Waals surface area contributed by atoms with E-state index >= 15 is 0 Å². The lowest BCUT2D eigenvalue weighted by molar-refractivity contribution is -0.154. The number of benzene rings is 2. The van der Waals surface area contributed by atoms with E-state index in [1.165, 1.54) is 24.7 Å². The van der Waals surface area contributed by atoms with E-state index in [9.17, 15) is 19.5 Å². The molecule has 4 bridgehead atoms. The molecule has 3 aliphatic heterocycles. The van der Waals surface area contributed by atoms with Gasteiger partial charge in [0.15, 0.2) is 5.72 Å². The number of carbonyl (C=O) groups is 3. The quantitative estimate of drug-likeness (QED) is 0.119. The van der Waals surface area contributed by atoms with Gasteiger partial charge in [-0.15, -0.1) is 0 Å². The molecule has 0 unspecified atom stereocenters. The van der Waals surface area contributed by atoms with Crippen molar-refractivity contribution >= 4 is 40.9 Å². The summed E-state index contributed by atoms with van der Waals surface area (Å²) in [6.07, 6.45) is 4.92. The fourth-order valence-electron chi connectivity index (χ4n) is 7.28. The van der Waals surface area contributed by atoms with Crippen LogP contribution in [0.5, 0.6) is 5.75 Å². The Morgan fingerprint density at radius 2 is 1.89 bits per heavy atom. The zero-order chi connectivity index (χ0) is 38.5. The fourth-order valence-corrected chi connectivity index (χ4v) is 7.60. The van der Waals surface area contributed by atoms with Crippen LogP contribution in [0.4, 0.5) is 16.2 Å². The summed E-state index contributed by atoms with van der Waals surface area (Å²) < 4.78 is 29.3. The molecule has 5 rings (SSSR count). The number of nitrogens with one attached hydrogen (secondary N) is 1. The van der Waals surface area contributed by atoms with Crippen LogP contribution >= 0.6 is 11.6 Å². The van der Waals surface area contributed by atoms with Crippen molar-refractivity contribution < 1.29 is 43.2 Å². The topological polar surface area (TPSA) is 162 Å². The number of ether oxygens (including phenoxy) is 5. The normalized spacial score (nSPS) is 30.6. The number of nitrogens with zero attached hydrogens (tertiary/aromatic N) is 1. The van der Waals surface area contributed by atoms with Crippen LogP contribution in [0.2, 0.25) is 5.02 Å². The van der Waals surface area contributed by atoms with E-state index in [0.717, 1.165) is 36.1 Å². The average Bonchev–Trinajstić information content (AvgIpc) is 3.81. The molecule has 2 aromatic carbocycles. The Morgan fingerprint density at radius 1 is 1.15 bits per heavy atom. The van der Waals surface area contributed by atoms with Gasteiger partial charge in [-0.05, 0) is 74.9 Å². The van der Waals surface area contributed by atoms with E-state index in [1.54, 1.807) is 26.1 Å². The highest BCUT2D eigenvalue weighted by Crippen LogP contribution is 2.49. The number of aliphatic hydroxyl groups is 1. The maximum atomic E-state index is 14.1. The van der Waals surface area contributed by atoms with Crippen LogP contribution in [0.3, 0.4) is 0 Å². The van der Waals surface area contributed by atoms with Crippen molar-refractivity contribution in [2.45, 2.75) is 108 Å². The number of unbranched alkanes of at least 4 members (excludes halogenated alkanes) is 2. The van der Waals surface area contributed by atoms with Crippen molar-refractivity contribution in [2.75, 3.05) is 31.9 Å². The number of esters is 1. The molecule has 0 saturated carbocycles. The third-order valence-electron chi connectivity index (χ3n) is 10.6. The highest BCUT2D eigenvalue weighted by atomic mass is 35.5. The van der Waals surface area contributed by atoms with E-state index < -0.39 is 53.7 Å². The van der Waals surface area contributed by atoms with Gasteiger partial charge in [0, 0.05) is 38.6 Å². The van der Waals surface area contributed by atoms with Crippen LogP contribution in [-0.4, -0.2) is 80.1 Å². The van der Waals surface area contributed by atoms with Gasteiger partial charge in [-0.2, -0.15) is 0 Å². The van der Waals surface area contributed by atoms with Gasteiger partial charge in [0.25, 0.3) is 0 Å². The lowest BCUT2D eigenvalue weighted by Crippen LogP contribution is -2.63. The van der Waals surface area contributed by atoms with Crippen LogP contribution in [0.1, 0.15) is 70.4 Å². The largest absolute Gasteiger partial charge is 0.495 e. The summed E-state index contributed by atoms with van der Waals surface area (Å²) >= 11 is 6.76. The number of allylic oxidation sites excluding steroid dienone is 3. The summed E-state index contributed by atoms with van der Waals surface area (Å²) in [5, 5.41) is 14.5. The standard InChI is InChI=1S/C40H52ClN3O9/c1-24-11-10-13-32(50-6)40(48)23-31(51-38(47)43-40)25(2)37-39(3,53-37)33(52-35(46)14-9-7-8-12-26-15-17-28(42)18-16-26)22-34(45)44(4)29-20-27(19-24)21-30(49-5)36(29)41/h10-11,13,15-18,20-21,25,31-33,37,48H,7-9,12,14,19,22-23,42H2,1-6H3,(H,43,47)/b13-10+,24-11+/t25-,31+,32-,33+,37+,39+,40+/m1/s1. The third kappa shape index (κ3) is 9.53. The van der Waals surface area contributed by atoms with Gasteiger partial charge in [-0.3, -0.25) is 14.9 Å². The van der Waals surface area contributed by atoms with Gasteiger partial charge >= 0.3 is 12.1 Å². The highest BCUT2D eigenvalue weighted by molar-refractivity contribution is 6.35. The number of aryl methyl sites for hydroxylation is 1. The number of nitrogens with two attached hydrogens (primary N) is 1. The van der Waals surface area contributed by atoms with Crippen LogP contribution in [0.25, 0.3) is 0 Å². The number of halogens is 1. The van der Waals surface area contributed by atoms with E-state index in [4.69, 9.17) is 41.0 Å². The summed E-state index contributed by atoms with van der Waals surface area (Å²) in [6, 6.07) is 11.4. The van der Waals surface area contributed by atoms with Crippen molar-refractivity contribution in [1.82, 2.24) is 5.32 Å². The van der Waals surface area contributed by atoms with E-state index in [1.807, 2.05) is 56.3 Å². The molecule has 3 heterocycles. The van der Waals surface area contributed by atoms with E-state index in [-0.39, 0.29) is 30.2 Å². The molecule has 0 aromatic heterocycles. The molecule has 2 saturated heterocycles. The Hall–Kier alpha value is -4.10.